The summed E-state index contributed by atoms with van der Waals surface area (Å²) in [6.07, 6.45) is -10.3. The van der Waals surface area contributed by atoms with Gasteiger partial charge in [0.2, 0.25) is 10.0 Å². The van der Waals surface area contributed by atoms with Crippen molar-refractivity contribution in [2.24, 2.45) is 0 Å². The SMILES string of the molecule is CN(C)S(=O)(=O)c1ccc(NC(=O)COC(=O)c2cc(C(F)(F)F)cc(C(F)(F)F)c2)cc1. The molecular formula is C19H16F6N2O5S. The van der Waals surface area contributed by atoms with Crippen LogP contribution in [0.2, 0.25) is 0 Å². The lowest BCUT2D eigenvalue weighted by molar-refractivity contribution is -0.143. The number of alkyl halides is 6. The van der Waals surface area contributed by atoms with Crippen molar-refractivity contribution in [2.45, 2.75) is 17.2 Å². The maximum atomic E-state index is 12.9. The van der Waals surface area contributed by atoms with Gasteiger partial charge in [0.1, 0.15) is 0 Å². The van der Waals surface area contributed by atoms with Gasteiger partial charge in [-0.05, 0) is 42.5 Å². The average molecular weight is 498 g/mol. The highest BCUT2D eigenvalue weighted by Gasteiger charge is 2.37. The van der Waals surface area contributed by atoms with Gasteiger partial charge in [-0.25, -0.2) is 17.5 Å². The largest absolute Gasteiger partial charge is 0.452 e. The molecule has 7 nitrogen and oxygen atoms in total. The monoisotopic (exact) mass is 498 g/mol. The molecule has 0 saturated carbocycles. The molecule has 14 heteroatoms. The average Bonchev–Trinajstić information content (AvgIpc) is 2.70. The van der Waals surface area contributed by atoms with Crippen LogP contribution in [-0.2, 0) is 31.9 Å². The minimum atomic E-state index is -5.15. The molecule has 0 fully saturated rings. The van der Waals surface area contributed by atoms with Crippen LogP contribution >= 0.6 is 0 Å². The number of sulfonamides is 1. The number of anilines is 1. The van der Waals surface area contributed by atoms with Crippen molar-refractivity contribution in [3.63, 3.8) is 0 Å². The van der Waals surface area contributed by atoms with Crippen molar-refractivity contribution < 1.29 is 49.1 Å². The van der Waals surface area contributed by atoms with Crippen molar-refractivity contribution in [3.05, 3.63) is 59.2 Å². The lowest BCUT2D eigenvalue weighted by Gasteiger charge is -2.14. The molecule has 2 rings (SSSR count). The number of hydrogen-bond acceptors (Lipinski definition) is 5. The van der Waals surface area contributed by atoms with E-state index in [0.29, 0.717) is 0 Å². The van der Waals surface area contributed by atoms with E-state index in [4.69, 9.17) is 0 Å². The third kappa shape index (κ3) is 6.68. The number of rotatable bonds is 6. The molecule has 0 aliphatic rings. The van der Waals surface area contributed by atoms with Crippen molar-refractivity contribution in [2.75, 3.05) is 26.0 Å². The molecule has 0 aliphatic heterocycles. The van der Waals surface area contributed by atoms with Gasteiger partial charge >= 0.3 is 18.3 Å². The Labute approximate surface area is 184 Å². The van der Waals surface area contributed by atoms with E-state index < -0.39 is 57.5 Å². The third-order valence-corrected chi connectivity index (χ3v) is 5.90. The van der Waals surface area contributed by atoms with Gasteiger partial charge in [0.05, 0.1) is 21.6 Å². The number of nitrogens with one attached hydrogen (secondary N) is 1. The summed E-state index contributed by atoms with van der Waals surface area (Å²) >= 11 is 0. The van der Waals surface area contributed by atoms with Gasteiger partial charge in [0.25, 0.3) is 5.91 Å². The number of ether oxygens (including phenoxy) is 1. The molecule has 1 N–H and O–H groups in total. The van der Waals surface area contributed by atoms with Gasteiger partial charge in [-0.2, -0.15) is 26.3 Å². The maximum Gasteiger partial charge on any atom is 0.416 e. The molecule has 0 aliphatic carbocycles. The summed E-state index contributed by atoms with van der Waals surface area (Å²) in [5.41, 5.74) is -4.35. The minimum absolute atomic E-state index is 0.0676. The van der Waals surface area contributed by atoms with Crippen LogP contribution in [-0.4, -0.2) is 45.3 Å². The lowest BCUT2D eigenvalue weighted by Crippen LogP contribution is -2.23. The minimum Gasteiger partial charge on any atom is -0.452 e. The highest BCUT2D eigenvalue weighted by atomic mass is 32.2. The molecule has 33 heavy (non-hydrogen) atoms. The van der Waals surface area contributed by atoms with Gasteiger partial charge in [0, 0.05) is 19.8 Å². The zero-order valence-electron chi connectivity index (χ0n) is 16.9. The van der Waals surface area contributed by atoms with E-state index in [2.05, 4.69) is 10.1 Å². The standard InChI is InChI=1S/C19H16F6N2O5S/c1-27(2)33(30,31)15-5-3-14(4-6-15)26-16(28)10-32-17(29)11-7-12(18(20,21)22)9-13(8-11)19(23,24)25/h3-9H,10H2,1-2H3,(H,26,28). The van der Waals surface area contributed by atoms with Gasteiger partial charge < -0.3 is 10.1 Å². The normalized spacial score (nSPS) is 12.5. The molecule has 2 aromatic carbocycles. The number of benzene rings is 2. The first-order valence-corrected chi connectivity index (χ1v) is 10.2. The molecule has 0 spiro atoms. The number of hydrogen-bond donors (Lipinski definition) is 1. The van der Waals surface area contributed by atoms with Crippen molar-refractivity contribution >= 4 is 27.6 Å². The molecule has 0 aromatic heterocycles. The van der Waals surface area contributed by atoms with Crippen molar-refractivity contribution in [3.8, 4) is 0 Å². The number of halogens is 6. The summed E-state index contributed by atoms with van der Waals surface area (Å²) in [5.74, 6) is -2.54. The molecule has 0 bridgehead atoms. The Hall–Kier alpha value is -3.13. The Bertz CT molecular complexity index is 1110. The van der Waals surface area contributed by atoms with Crippen LogP contribution < -0.4 is 5.32 Å². The molecule has 0 heterocycles. The van der Waals surface area contributed by atoms with Crippen LogP contribution in [0, 0.1) is 0 Å². The molecule has 180 valence electrons. The van der Waals surface area contributed by atoms with Gasteiger partial charge in [-0.15, -0.1) is 0 Å². The number of carbonyl (C=O) groups is 2. The second-order valence-corrected chi connectivity index (χ2v) is 8.88. The van der Waals surface area contributed by atoms with Crippen LogP contribution in [0.3, 0.4) is 0 Å². The molecule has 0 unspecified atom stereocenters. The molecule has 0 atom stereocenters. The quantitative estimate of drug-likeness (QED) is 0.484. The number of carbonyl (C=O) groups excluding carboxylic acids is 2. The van der Waals surface area contributed by atoms with Gasteiger partial charge in [-0.3, -0.25) is 4.79 Å². The van der Waals surface area contributed by atoms with E-state index in [9.17, 15) is 44.3 Å². The molecule has 2 aromatic rings. The summed E-state index contributed by atoms with van der Waals surface area (Å²) in [4.78, 5) is 23.8. The number of nitrogens with zero attached hydrogens (tertiary/aromatic N) is 1. The molecule has 0 saturated heterocycles. The molecular weight excluding hydrogens is 482 g/mol. The van der Waals surface area contributed by atoms with Crippen molar-refractivity contribution in [1.29, 1.82) is 0 Å². The topological polar surface area (TPSA) is 92.8 Å². The Morgan fingerprint density at radius 3 is 1.82 bits per heavy atom. The smallest absolute Gasteiger partial charge is 0.416 e. The predicted molar refractivity (Wildman–Crippen MR) is 103 cm³/mol. The molecule has 0 radical (unpaired) electrons. The molecule has 1 amide bonds. The summed E-state index contributed by atoms with van der Waals surface area (Å²) in [7, 11) is -1.07. The first-order valence-electron chi connectivity index (χ1n) is 8.81. The van der Waals surface area contributed by atoms with E-state index in [1.165, 1.54) is 38.4 Å². The van der Waals surface area contributed by atoms with E-state index in [0.717, 1.165) is 4.31 Å². The first kappa shape index (κ1) is 26.1. The summed E-state index contributed by atoms with van der Waals surface area (Å²) in [6, 6.07) is 5.07. The maximum absolute atomic E-state index is 12.9. The summed E-state index contributed by atoms with van der Waals surface area (Å²) in [6.45, 7) is -1.02. The second kappa shape index (κ2) is 9.39. The summed E-state index contributed by atoms with van der Waals surface area (Å²) < 4.78 is 107. The predicted octanol–water partition coefficient (Wildman–Crippen LogP) is 3.77. The van der Waals surface area contributed by atoms with E-state index in [1.807, 2.05) is 0 Å². The fourth-order valence-corrected chi connectivity index (χ4v) is 3.31. The Morgan fingerprint density at radius 2 is 1.39 bits per heavy atom. The number of esters is 1. The van der Waals surface area contributed by atoms with Gasteiger partial charge in [-0.1, -0.05) is 0 Å². The van der Waals surface area contributed by atoms with Crippen LogP contribution in [0.15, 0.2) is 47.4 Å². The zero-order valence-corrected chi connectivity index (χ0v) is 17.7. The van der Waals surface area contributed by atoms with E-state index >= 15 is 0 Å². The Balaban J connectivity index is 2.09. The highest BCUT2D eigenvalue weighted by Crippen LogP contribution is 2.36. The first-order chi connectivity index (χ1) is 15.0. The van der Waals surface area contributed by atoms with Crippen molar-refractivity contribution in [1.82, 2.24) is 4.31 Å². The summed E-state index contributed by atoms with van der Waals surface area (Å²) in [5, 5.41) is 2.24. The Morgan fingerprint density at radius 1 is 0.909 bits per heavy atom. The fourth-order valence-electron chi connectivity index (χ4n) is 2.41. The third-order valence-electron chi connectivity index (χ3n) is 4.07. The highest BCUT2D eigenvalue weighted by molar-refractivity contribution is 7.89. The lowest BCUT2D eigenvalue weighted by atomic mass is 10.0. The second-order valence-electron chi connectivity index (χ2n) is 6.73. The number of amides is 1. The zero-order chi connectivity index (χ0) is 25.2. The van der Waals surface area contributed by atoms with E-state index in [1.54, 1.807) is 0 Å². The van der Waals surface area contributed by atoms with Crippen LogP contribution in [0.4, 0.5) is 32.0 Å². The van der Waals surface area contributed by atoms with Gasteiger partial charge in [0.15, 0.2) is 6.61 Å². The Kier molecular flexibility index (Phi) is 7.43. The van der Waals surface area contributed by atoms with Crippen LogP contribution in [0.5, 0.6) is 0 Å². The van der Waals surface area contributed by atoms with Crippen LogP contribution in [0.1, 0.15) is 21.5 Å². The van der Waals surface area contributed by atoms with Crippen LogP contribution in [0.25, 0.3) is 0 Å². The fraction of sp³-hybridized carbons (Fsp3) is 0.263. The van der Waals surface area contributed by atoms with E-state index in [-0.39, 0.29) is 28.8 Å².